The van der Waals surface area contributed by atoms with Crippen molar-refractivity contribution in [3.05, 3.63) is 62.0 Å². The zero-order valence-corrected chi connectivity index (χ0v) is 17.0. The Balaban J connectivity index is -0.000000208. The van der Waals surface area contributed by atoms with Crippen molar-refractivity contribution in [1.29, 1.82) is 0 Å². The summed E-state index contributed by atoms with van der Waals surface area (Å²) in [6.07, 6.45) is 16.0. The van der Waals surface area contributed by atoms with Crippen LogP contribution in [-0.4, -0.2) is 26.2 Å². The van der Waals surface area contributed by atoms with Gasteiger partial charge in [-0.15, -0.1) is 0 Å². The van der Waals surface area contributed by atoms with Crippen molar-refractivity contribution in [3.63, 3.8) is 0 Å². The van der Waals surface area contributed by atoms with Crippen molar-refractivity contribution in [2.45, 2.75) is 27.7 Å². The molecular formula is C16H28N2U+2. The van der Waals surface area contributed by atoms with Crippen molar-refractivity contribution in [3.8, 4) is 0 Å². The van der Waals surface area contributed by atoms with Crippen LogP contribution in [0.4, 0.5) is 0 Å². The van der Waals surface area contributed by atoms with Crippen LogP contribution in [0.25, 0.3) is 10.6 Å². The van der Waals surface area contributed by atoms with Gasteiger partial charge in [-0.25, -0.2) is 0 Å². The van der Waals surface area contributed by atoms with Gasteiger partial charge in [0.2, 0.25) is 0 Å². The van der Waals surface area contributed by atoms with E-state index in [9.17, 15) is 0 Å². The zero-order chi connectivity index (χ0) is 13.9. The van der Waals surface area contributed by atoms with E-state index < -0.39 is 0 Å². The molecule has 0 amide bonds. The summed E-state index contributed by atoms with van der Waals surface area (Å²) in [6.45, 7) is 12.1. The van der Waals surface area contributed by atoms with Crippen molar-refractivity contribution in [2.24, 2.45) is 0 Å². The van der Waals surface area contributed by atoms with Gasteiger partial charge in [0.1, 0.15) is 0 Å². The molecule has 8 radical (unpaired) electrons. The predicted molar refractivity (Wildman–Crippen MR) is 83.3 cm³/mol. The summed E-state index contributed by atoms with van der Waals surface area (Å²) in [7, 11) is 0. The Morgan fingerprint density at radius 1 is 0.474 bits per heavy atom. The van der Waals surface area contributed by atoms with Crippen LogP contribution in [0.2, 0.25) is 0 Å². The van der Waals surface area contributed by atoms with Crippen LogP contribution < -0.4 is 0 Å². The maximum Gasteiger partial charge on any atom is 4.00 e. The second kappa shape index (κ2) is 27.3. The fourth-order valence-corrected chi connectivity index (χ4v) is 0.960. The quantitative estimate of drug-likeness (QED) is 0.563. The minimum atomic E-state index is 0. The molecule has 0 heterocycles. The van der Waals surface area contributed by atoms with E-state index >= 15 is 0 Å². The molecule has 0 aromatic carbocycles. The van der Waals surface area contributed by atoms with E-state index in [1.54, 1.807) is 0 Å². The summed E-state index contributed by atoms with van der Waals surface area (Å²) >= 11 is 0. The maximum atomic E-state index is 3.97. The molecule has 0 unspecified atom stereocenters. The van der Waals surface area contributed by atoms with Crippen LogP contribution >= 0.6 is 0 Å². The first kappa shape index (κ1) is 25.0. The first-order valence-electron chi connectivity index (χ1n) is 6.76. The van der Waals surface area contributed by atoms with E-state index in [-0.39, 0.29) is 31.1 Å². The molecule has 0 saturated heterocycles. The van der Waals surface area contributed by atoms with Gasteiger partial charge >= 0.3 is 31.1 Å². The molecule has 104 valence electrons. The fraction of sp³-hybridized carbons (Fsp3) is 0.500. The third-order valence-electron chi connectivity index (χ3n) is 1.78. The molecule has 0 bridgehead atoms. The van der Waals surface area contributed by atoms with Crippen LogP contribution in [-0.2, 0) is 0 Å². The zero-order valence-electron chi connectivity index (χ0n) is 12.8. The smallest absolute Gasteiger partial charge is 0.663 e. The minimum Gasteiger partial charge on any atom is -0.663 e. The molecule has 0 aliphatic heterocycles. The second-order valence-electron chi connectivity index (χ2n) is 3.25. The molecule has 0 spiro atoms. The Labute approximate surface area is 146 Å². The molecule has 0 aromatic rings. The van der Waals surface area contributed by atoms with Gasteiger partial charge in [0.25, 0.3) is 0 Å². The van der Waals surface area contributed by atoms with Gasteiger partial charge in [-0.3, -0.25) is 0 Å². The van der Waals surface area contributed by atoms with Crippen LogP contribution in [0, 0.1) is 82.5 Å². The van der Waals surface area contributed by atoms with E-state index in [4.69, 9.17) is 0 Å². The normalized spacial score (nSPS) is 14.5. The first-order chi connectivity index (χ1) is 8.83. The second-order valence-corrected chi connectivity index (χ2v) is 3.25. The van der Waals surface area contributed by atoms with Gasteiger partial charge < -0.3 is 10.6 Å². The maximum absolute atomic E-state index is 3.97. The van der Waals surface area contributed by atoms with Crippen molar-refractivity contribution < 1.29 is 31.1 Å². The molecule has 0 atom stereocenters. The molecule has 0 aromatic heterocycles. The SMILES string of the molecule is CC[N-]CC.CC[N-]CC.[CH]1[CH][CH][CH][CH][CH][CH][CH]1.[U+4]. The molecule has 3 heteroatoms. The Kier molecular flexibility index (Phi) is 35.9. The van der Waals surface area contributed by atoms with E-state index in [2.05, 4.69) is 10.6 Å². The molecule has 0 N–H and O–H groups in total. The minimum absolute atomic E-state index is 0. The third-order valence-corrected chi connectivity index (χ3v) is 1.78. The first-order valence-corrected chi connectivity index (χ1v) is 6.76. The van der Waals surface area contributed by atoms with Gasteiger partial charge in [-0.2, -0.15) is 26.2 Å². The number of hydrogen-bond donors (Lipinski definition) is 0. The number of nitrogens with zero attached hydrogens (tertiary/aromatic N) is 2. The molecule has 19 heavy (non-hydrogen) atoms. The van der Waals surface area contributed by atoms with Gasteiger partial charge in [-0.1, -0.05) is 27.7 Å². The van der Waals surface area contributed by atoms with Gasteiger partial charge in [0.15, 0.2) is 0 Å². The molecule has 1 rings (SSSR count). The molecule has 1 saturated carbocycles. The standard InChI is InChI=1S/C8H8.2C4H10N.U/c1-2-4-6-8-7-5-3-1;2*1-3-5-4-2;/h1-8H;2*3-4H2,1-2H3;/q;2*-1;+4. The Bertz CT molecular complexity index is 87.3. The summed E-state index contributed by atoms with van der Waals surface area (Å²) in [6, 6.07) is 0. The summed E-state index contributed by atoms with van der Waals surface area (Å²) in [5, 5.41) is 7.94. The van der Waals surface area contributed by atoms with Crippen LogP contribution in [0.15, 0.2) is 0 Å². The number of rotatable bonds is 4. The predicted octanol–water partition coefficient (Wildman–Crippen LogP) is 4.43. The van der Waals surface area contributed by atoms with Gasteiger partial charge in [0.05, 0.1) is 0 Å². The monoisotopic (exact) mass is 486 g/mol. The number of hydrogen-bond acceptors (Lipinski definition) is 0. The van der Waals surface area contributed by atoms with Gasteiger partial charge in [0, 0.05) is 0 Å². The van der Waals surface area contributed by atoms with Crippen LogP contribution in [0.5, 0.6) is 0 Å². The topological polar surface area (TPSA) is 28.2 Å². The largest absolute Gasteiger partial charge is 4.00 e. The third kappa shape index (κ3) is 32.5. The van der Waals surface area contributed by atoms with Crippen LogP contribution in [0.3, 0.4) is 0 Å². The Morgan fingerprint density at radius 3 is 0.684 bits per heavy atom. The summed E-state index contributed by atoms with van der Waals surface area (Å²) < 4.78 is 0. The molecule has 1 fully saturated rings. The average Bonchev–Trinajstić information content (AvgIpc) is 2.31. The summed E-state index contributed by atoms with van der Waals surface area (Å²) in [5.74, 6) is 0. The van der Waals surface area contributed by atoms with Gasteiger partial charge in [-0.05, 0) is 51.4 Å². The molecule has 2 nitrogen and oxygen atoms in total. The average molecular weight is 486 g/mol. The van der Waals surface area contributed by atoms with E-state index in [0.29, 0.717) is 0 Å². The summed E-state index contributed by atoms with van der Waals surface area (Å²) in [4.78, 5) is 0. The molecule has 1 aliphatic rings. The summed E-state index contributed by atoms with van der Waals surface area (Å²) in [5.41, 5.74) is 0. The Hall–Kier alpha value is 0.972. The van der Waals surface area contributed by atoms with E-state index in [1.165, 1.54) is 0 Å². The van der Waals surface area contributed by atoms with E-state index in [1.807, 2.05) is 79.1 Å². The van der Waals surface area contributed by atoms with Crippen molar-refractivity contribution >= 4 is 0 Å². The molecule has 1 aliphatic carbocycles. The fourth-order valence-electron chi connectivity index (χ4n) is 0.960. The van der Waals surface area contributed by atoms with Crippen molar-refractivity contribution in [2.75, 3.05) is 26.2 Å². The van der Waals surface area contributed by atoms with Crippen molar-refractivity contribution in [1.82, 2.24) is 0 Å². The van der Waals surface area contributed by atoms with E-state index in [0.717, 1.165) is 26.2 Å². The Morgan fingerprint density at radius 2 is 0.632 bits per heavy atom. The van der Waals surface area contributed by atoms with Crippen LogP contribution in [0.1, 0.15) is 27.7 Å². The molecular weight excluding hydrogens is 458 g/mol.